The molecule has 2 aromatic rings. The molecule has 0 radical (unpaired) electrons. The van der Waals surface area contributed by atoms with E-state index in [-0.39, 0.29) is 22.3 Å². The molecule has 0 atom stereocenters. The van der Waals surface area contributed by atoms with Crippen molar-refractivity contribution in [2.45, 2.75) is 5.16 Å². The molecule has 0 unspecified atom stereocenters. The van der Waals surface area contributed by atoms with E-state index in [4.69, 9.17) is 22.6 Å². The number of benzene rings is 1. The Kier molecular flexibility index (Phi) is 5.95. The lowest BCUT2D eigenvalue weighted by Gasteiger charge is -2.07. The zero-order chi connectivity index (χ0) is 17.5. The highest BCUT2D eigenvalue weighted by molar-refractivity contribution is 7.99. The highest BCUT2D eigenvalue weighted by Gasteiger charge is 2.10. The molecular weight excluding hydrogens is 352 g/mol. The molecule has 0 aliphatic carbocycles. The molecule has 0 aliphatic heterocycles. The smallest absolute Gasteiger partial charge is 0.269 e. The number of thioether (sulfide) groups is 1. The van der Waals surface area contributed by atoms with E-state index in [2.05, 4.69) is 20.8 Å². The van der Waals surface area contributed by atoms with Crippen LogP contribution in [0.1, 0.15) is 15.9 Å². The van der Waals surface area contributed by atoms with Gasteiger partial charge in [0.1, 0.15) is 17.5 Å². The van der Waals surface area contributed by atoms with Crippen molar-refractivity contribution in [3.8, 4) is 6.07 Å². The molecule has 122 valence electrons. The summed E-state index contributed by atoms with van der Waals surface area (Å²) in [6.45, 7) is 0. The first-order chi connectivity index (χ1) is 11.5. The van der Waals surface area contributed by atoms with E-state index in [1.165, 1.54) is 18.3 Å². The number of nitrogens with two attached hydrogens (primary N) is 1. The largest absolute Gasteiger partial charge is 0.382 e. The molecule has 0 bridgehead atoms. The van der Waals surface area contributed by atoms with E-state index in [1.807, 2.05) is 6.07 Å². The van der Waals surface area contributed by atoms with E-state index in [0.717, 1.165) is 11.8 Å². The standard InChI is InChI=1S/C14H11ClN6O2S/c15-10-3-1-8(2-4-10)13(23)21-20-11(22)7-24-14-18-6-9(5-16)12(17)19-14/h1-4,6H,7H2,(H,20,22)(H,21,23)(H2,17,18,19). The topological polar surface area (TPSA) is 134 Å². The Morgan fingerprint density at radius 2 is 2.00 bits per heavy atom. The number of hydrogen-bond donors (Lipinski definition) is 3. The maximum atomic E-state index is 11.8. The van der Waals surface area contributed by atoms with Crippen molar-refractivity contribution in [3.05, 3.63) is 46.6 Å². The second-order valence-corrected chi connectivity index (χ2v) is 5.74. The molecule has 0 spiro atoms. The lowest BCUT2D eigenvalue weighted by atomic mass is 10.2. The van der Waals surface area contributed by atoms with E-state index in [1.54, 1.807) is 12.1 Å². The Labute approximate surface area is 146 Å². The van der Waals surface area contributed by atoms with Gasteiger partial charge in [-0.1, -0.05) is 23.4 Å². The van der Waals surface area contributed by atoms with Crippen LogP contribution in [0.25, 0.3) is 0 Å². The lowest BCUT2D eigenvalue weighted by Crippen LogP contribution is -2.42. The third kappa shape index (κ3) is 4.84. The summed E-state index contributed by atoms with van der Waals surface area (Å²) in [5.74, 6) is -0.907. The maximum absolute atomic E-state index is 11.8. The molecule has 1 aromatic heterocycles. The van der Waals surface area contributed by atoms with Gasteiger partial charge in [0, 0.05) is 10.6 Å². The van der Waals surface area contributed by atoms with Crippen molar-refractivity contribution in [3.63, 3.8) is 0 Å². The molecule has 8 nitrogen and oxygen atoms in total. The summed E-state index contributed by atoms with van der Waals surface area (Å²) in [4.78, 5) is 31.3. The number of amides is 2. The molecule has 2 rings (SSSR count). The Morgan fingerprint density at radius 1 is 1.29 bits per heavy atom. The van der Waals surface area contributed by atoms with Crippen LogP contribution in [0.15, 0.2) is 35.6 Å². The Morgan fingerprint density at radius 3 is 2.62 bits per heavy atom. The molecule has 10 heteroatoms. The zero-order valence-electron chi connectivity index (χ0n) is 12.1. The van der Waals surface area contributed by atoms with E-state index < -0.39 is 11.8 Å². The third-order valence-corrected chi connectivity index (χ3v) is 3.78. The normalized spacial score (nSPS) is 9.83. The van der Waals surface area contributed by atoms with Crippen LogP contribution in [0.2, 0.25) is 5.02 Å². The van der Waals surface area contributed by atoms with Crippen LogP contribution >= 0.6 is 23.4 Å². The number of nitrogen functional groups attached to an aromatic ring is 1. The number of hydrazine groups is 1. The van der Waals surface area contributed by atoms with Crippen LogP contribution < -0.4 is 16.6 Å². The van der Waals surface area contributed by atoms with Crippen molar-refractivity contribution >= 4 is 41.0 Å². The van der Waals surface area contributed by atoms with Crippen LogP contribution in [0, 0.1) is 11.3 Å². The van der Waals surface area contributed by atoms with Crippen molar-refractivity contribution in [2.24, 2.45) is 0 Å². The second-order valence-electron chi connectivity index (χ2n) is 4.36. The van der Waals surface area contributed by atoms with Gasteiger partial charge in [0.2, 0.25) is 5.91 Å². The first-order valence-electron chi connectivity index (χ1n) is 6.49. The second kappa shape index (κ2) is 8.14. The molecule has 1 heterocycles. The summed E-state index contributed by atoms with van der Waals surface area (Å²) in [6.07, 6.45) is 1.28. The van der Waals surface area contributed by atoms with E-state index >= 15 is 0 Å². The number of rotatable bonds is 4. The molecule has 1 aromatic carbocycles. The monoisotopic (exact) mass is 362 g/mol. The molecule has 2 amide bonds. The molecule has 0 fully saturated rings. The lowest BCUT2D eigenvalue weighted by molar-refractivity contribution is -0.119. The van der Waals surface area contributed by atoms with Gasteiger partial charge in [-0.15, -0.1) is 0 Å². The van der Waals surface area contributed by atoms with Gasteiger partial charge < -0.3 is 5.73 Å². The molecule has 4 N–H and O–H groups in total. The minimum Gasteiger partial charge on any atom is -0.382 e. The molecule has 0 saturated carbocycles. The molecule has 24 heavy (non-hydrogen) atoms. The fourth-order valence-electron chi connectivity index (χ4n) is 1.50. The number of nitrogens with zero attached hydrogens (tertiary/aromatic N) is 3. The Bertz CT molecular complexity index is 806. The highest BCUT2D eigenvalue weighted by Crippen LogP contribution is 2.15. The number of nitriles is 1. The Hall–Kier alpha value is -2.83. The van der Waals surface area contributed by atoms with Crippen LogP contribution in [0.4, 0.5) is 5.82 Å². The van der Waals surface area contributed by atoms with Crippen molar-refractivity contribution in [2.75, 3.05) is 11.5 Å². The quantitative estimate of drug-likeness (QED) is 0.421. The first-order valence-corrected chi connectivity index (χ1v) is 7.86. The maximum Gasteiger partial charge on any atom is 0.269 e. The van der Waals surface area contributed by atoms with Gasteiger partial charge in [-0.3, -0.25) is 20.4 Å². The molecule has 0 aliphatic rings. The van der Waals surface area contributed by atoms with Crippen LogP contribution in [0.3, 0.4) is 0 Å². The van der Waals surface area contributed by atoms with Gasteiger partial charge in [0.15, 0.2) is 5.16 Å². The Balaban J connectivity index is 1.81. The third-order valence-electron chi connectivity index (χ3n) is 2.67. The van der Waals surface area contributed by atoms with Gasteiger partial charge in [-0.25, -0.2) is 9.97 Å². The highest BCUT2D eigenvalue weighted by atomic mass is 35.5. The summed E-state index contributed by atoms with van der Waals surface area (Å²) in [5, 5.41) is 9.49. The van der Waals surface area contributed by atoms with Crippen molar-refractivity contribution in [1.29, 1.82) is 5.26 Å². The fourth-order valence-corrected chi connectivity index (χ4v) is 2.25. The number of carbonyl (C=O) groups excluding carboxylic acids is 2. The number of hydrogen-bond acceptors (Lipinski definition) is 7. The number of halogens is 1. The van der Waals surface area contributed by atoms with Crippen LogP contribution in [-0.4, -0.2) is 27.5 Å². The van der Waals surface area contributed by atoms with Crippen molar-refractivity contribution in [1.82, 2.24) is 20.8 Å². The van der Waals surface area contributed by atoms with Crippen molar-refractivity contribution < 1.29 is 9.59 Å². The van der Waals surface area contributed by atoms with Gasteiger partial charge in [-0.2, -0.15) is 5.26 Å². The summed E-state index contributed by atoms with van der Waals surface area (Å²) < 4.78 is 0. The molecular formula is C14H11ClN6O2S. The van der Waals surface area contributed by atoms with Gasteiger partial charge in [0.05, 0.1) is 11.9 Å². The van der Waals surface area contributed by atoms with Crippen LogP contribution in [-0.2, 0) is 4.79 Å². The van der Waals surface area contributed by atoms with Crippen LogP contribution in [0.5, 0.6) is 0 Å². The fraction of sp³-hybridized carbons (Fsp3) is 0.0714. The number of aromatic nitrogens is 2. The average Bonchev–Trinajstić information content (AvgIpc) is 2.58. The van der Waals surface area contributed by atoms with E-state index in [9.17, 15) is 9.59 Å². The first kappa shape index (κ1) is 17.5. The predicted octanol–water partition coefficient (Wildman–Crippen LogP) is 1.14. The predicted molar refractivity (Wildman–Crippen MR) is 88.9 cm³/mol. The average molecular weight is 363 g/mol. The summed E-state index contributed by atoms with van der Waals surface area (Å²) in [7, 11) is 0. The summed E-state index contributed by atoms with van der Waals surface area (Å²) >= 11 is 6.75. The SMILES string of the molecule is N#Cc1cnc(SCC(=O)NNC(=O)c2ccc(Cl)cc2)nc1N. The minimum absolute atomic E-state index is 0.0355. The van der Waals surface area contributed by atoms with Gasteiger partial charge in [-0.05, 0) is 24.3 Å². The van der Waals surface area contributed by atoms with E-state index in [0.29, 0.717) is 10.6 Å². The summed E-state index contributed by atoms with van der Waals surface area (Å²) in [5.41, 5.74) is 10.6. The minimum atomic E-state index is -0.469. The number of anilines is 1. The molecule has 0 saturated heterocycles. The summed E-state index contributed by atoms with van der Waals surface area (Å²) in [6, 6.07) is 8.05. The number of nitrogens with one attached hydrogen (secondary N) is 2. The zero-order valence-corrected chi connectivity index (χ0v) is 13.7. The number of carbonyl (C=O) groups is 2. The van der Waals surface area contributed by atoms with Gasteiger partial charge >= 0.3 is 0 Å². The van der Waals surface area contributed by atoms with Gasteiger partial charge in [0.25, 0.3) is 5.91 Å².